The molecule has 1 fully saturated rings. The maximum atomic E-state index is 6.27. The van der Waals surface area contributed by atoms with Crippen LogP contribution in [-0.2, 0) is 12.0 Å². The van der Waals surface area contributed by atoms with Gasteiger partial charge in [0.25, 0.3) is 0 Å². The van der Waals surface area contributed by atoms with E-state index in [1.165, 1.54) is 0 Å². The predicted octanol–water partition coefficient (Wildman–Crippen LogP) is 3.01. The number of hydrogen-bond donors (Lipinski definition) is 1. The highest BCUT2D eigenvalue weighted by atomic mass is 79.9. The molecule has 1 aromatic heterocycles. The Morgan fingerprint density at radius 1 is 1.42 bits per heavy atom. The van der Waals surface area contributed by atoms with Gasteiger partial charge in [-0.2, -0.15) is 4.98 Å². The summed E-state index contributed by atoms with van der Waals surface area (Å²) in [5.74, 6) is 1.71. The van der Waals surface area contributed by atoms with Crippen molar-refractivity contribution in [3.63, 3.8) is 0 Å². The summed E-state index contributed by atoms with van der Waals surface area (Å²) in [6, 6.07) is 8.04. The Balaban J connectivity index is 1.80. The summed E-state index contributed by atoms with van der Waals surface area (Å²) in [6.45, 7) is 1.97. The zero-order valence-corrected chi connectivity index (χ0v) is 12.4. The van der Waals surface area contributed by atoms with E-state index in [0.717, 1.165) is 22.9 Å². The van der Waals surface area contributed by atoms with E-state index in [-0.39, 0.29) is 0 Å². The van der Waals surface area contributed by atoms with Crippen LogP contribution in [0.5, 0.6) is 0 Å². The van der Waals surface area contributed by atoms with Crippen molar-refractivity contribution in [3.05, 3.63) is 46.0 Å². The van der Waals surface area contributed by atoms with Gasteiger partial charge >= 0.3 is 0 Å². The van der Waals surface area contributed by atoms with Gasteiger partial charge in [0.2, 0.25) is 5.89 Å². The van der Waals surface area contributed by atoms with Gasteiger partial charge < -0.3 is 10.3 Å². The van der Waals surface area contributed by atoms with Crippen molar-refractivity contribution in [1.82, 2.24) is 10.1 Å². The standard InChI is InChI=1S/C14H16BrN3O/c1-14(16,10-6-7-10)13-17-12(18-19-13)8-9-4-2-3-5-11(9)15/h2-5,10H,6-8,16H2,1H3. The van der Waals surface area contributed by atoms with Gasteiger partial charge in [-0.1, -0.05) is 39.3 Å². The molecule has 1 unspecified atom stereocenters. The molecule has 1 saturated carbocycles. The Morgan fingerprint density at radius 3 is 2.84 bits per heavy atom. The van der Waals surface area contributed by atoms with Crippen molar-refractivity contribution in [1.29, 1.82) is 0 Å². The number of aromatic nitrogens is 2. The second-order valence-electron chi connectivity index (χ2n) is 5.34. The van der Waals surface area contributed by atoms with E-state index in [0.29, 0.717) is 24.1 Å². The first-order valence-electron chi connectivity index (χ1n) is 6.42. The molecule has 0 spiro atoms. The van der Waals surface area contributed by atoms with Gasteiger partial charge in [0, 0.05) is 10.9 Å². The number of halogens is 1. The Labute approximate surface area is 120 Å². The van der Waals surface area contributed by atoms with E-state index in [1.807, 2.05) is 31.2 Å². The second kappa shape index (κ2) is 4.72. The van der Waals surface area contributed by atoms with Crippen molar-refractivity contribution in [2.75, 3.05) is 0 Å². The largest absolute Gasteiger partial charge is 0.337 e. The van der Waals surface area contributed by atoms with E-state index in [2.05, 4.69) is 26.1 Å². The Bertz CT molecular complexity index is 590. The quantitative estimate of drug-likeness (QED) is 0.940. The first-order chi connectivity index (χ1) is 9.07. The van der Waals surface area contributed by atoms with Crippen LogP contribution >= 0.6 is 15.9 Å². The molecular weight excluding hydrogens is 306 g/mol. The molecule has 0 aliphatic heterocycles. The second-order valence-corrected chi connectivity index (χ2v) is 6.20. The van der Waals surface area contributed by atoms with E-state index >= 15 is 0 Å². The van der Waals surface area contributed by atoms with E-state index in [1.54, 1.807) is 0 Å². The molecule has 3 rings (SSSR count). The minimum Gasteiger partial charge on any atom is -0.337 e. The summed E-state index contributed by atoms with van der Waals surface area (Å²) < 4.78 is 6.40. The summed E-state index contributed by atoms with van der Waals surface area (Å²) in [5, 5.41) is 4.04. The zero-order valence-electron chi connectivity index (χ0n) is 10.8. The molecule has 0 bridgehead atoms. The van der Waals surface area contributed by atoms with Crippen molar-refractivity contribution in [2.45, 2.75) is 31.7 Å². The van der Waals surface area contributed by atoms with Gasteiger partial charge in [0.15, 0.2) is 5.82 Å². The molecular formula is C14H16BrN3O. The van der Waals surface area contributed by atoms with E-state index in [4.69, 9.17) is 10.3 Å². The summed E-state index contributed by atoms with van der Waals surface area (Å²) >= 11 is 3.52. The molecule has 1 aliphatic carbocycles. The fourth-order valence-electron chi connectivity index (χ4n) is 2.21. The number of hydrogen-bond acceptors (Lipinski definition) is 4. The number of nitrogens with two attached hydrogens (primary N) is 1. The minimum atomic E-state index is -0.487. The van der Waals surface area contributed by atoms with Gasteiger partial charge in [-0.3, -0.25) is 0 Å². The lowest BCUT2D eigenvalue weighted by Crippen LogP contribution is -2.35. The summed E-state index contributed by atoms with van der Waals surface area (Å²) in [5.41, 5.74) is 6.93. The topological polar surface area (TPSA) is 64.9 Å². The predicted molar refractivity (Wildman–Crippen MR) is 75.5 cm³/mol. The van der Waals surface area contributed by atoms with Gasteiger partial charge in [-0.05, 0) is 37.3 Å². The molecule has 1 aromatic carbocycles. The Hall–Kier alpha value is -1.20. The van der Waals surface area contributed by atoms with Gasteiger partial charge in [0.05, 0.1) is 5.54 Å². The summed E-state index contributed by atoms with van der Waals surface area (Å²) in [6.07, 6.45) is 2.94. The average molecular weight is 322 g/mol. The number of rotatable bonds is 4. The third kappa shape index (κ3) is 2.58. The van der Waals surface area contributed by atoms with E-state index < -0.39 is 5.54 Å². The van der Waals surface area contributed by atoms with Crippen molar-refractivity contribution < 1.29 is 4.52 Å². The molecule has 2 N–H and O–H groups in total. The van der Waals surface area contributed by atoms with Gasteiger partial charge in [0.1, 0.15) is 0 Å². The highest BCUT2D eigenvalue weighted by molar-refractivity contribution is 9.10. The van der Waals surface area contributed by atoms with Crippen molar-refractivity contribution >= 4 is 15.9 Å². The lowest BCUT2D eigenvalue weighted by Gasteiger charge is -2.18. The third-order valence-electron chi connectivity index (χ3n) is 3.66. The molecule has 4 nitrogen and oxygen atoms in total. The monoisotopic (exact) mass is 321 g/mol. The highest BCUT2D eigenvalue weighted by Gasteiger charge is 2.43. The van der Waals surface area contributed by atoms with Crippen LogP contribution in [0.25, 0.3) is 0 Å². The zero-order chi connectivity index (χ0) is 13.5. The smallest absolute Gasteiger partial charge is 0.246 e. The lowest BCUT2D eigenvalue weighted by molar-refractivity contribution is 0.272. The number of benzene rings is 1. The SMILES string of the molecule is CC(N)(c1nc(Cc2ccccc2Br)no1)C1CC1. The highest BCUT2D eigenvalue weighted by Crippen LogP contribution is 2.43. The molecule has 0 amide bonds. The van der Waals surface area contributed by atoms with Crippen LogP contribution in [-0.4, -0.2) is 10.1 Å². The van der Waals surface area contributed by atoms with Crippen LogP contribution in [0.3, 0.4) is 0 Å². The first kappa shape index (κ1) is 12.8. The maximum Gasteiger partial charge on any atom is 0.246 e. The van der Waals surface area contributed by atoms with Crippen LogP contribution in [0.2, 0.25) is 0 Å². The Kier molecular flexibility index (Phi) is 3.19. The fraction of sp³-hybridized carbons (Fsp3) is 0.429. The summed E-state index contributed by atoms with van der Waals surface area (Å²) in [4.78, 5) is 4.46. The maximum absolute atomic E-state index is 6.27. The lowest BCUT2D eigenvalue weighted by atomic mass is 9.97. The first-order valence-corrected chi connectivity index (χ1v) is 7.22. The van der Waals surface area contributed by atoms with Crippen LogP contribution < -0.4 is 5.73 Å². The molecule has 1 atom stereocenters. The van der Waals surface area contributed by atoms with E-state index in [9.17, 15) is 0 Å². The van der Waals surface area contributed by atoms with Crippen molar-refractivity contribution in [2.24, 2.45) is 11.7 Å². The molecule has 5 heteroatoms. The van der Waals surface area contributed by atoms with Crippen LogP contribution in [0.15, 0.2) is 33.3 Å². The molecule has 0 radical (unpaired) electrons. The van der Waals surface area contributed by atoms with Crippen LogP contribution in [0.4, 0.5) is 0 Å². The van der Waals surface area contributed by atoms with Crippen LogP contribution in [0, 0.1) is 5.92 Å². The molecule has 2 aromatic rings. The molecule has 100 valence electrons. The average Bonchev–Trinajstić information content (AvgIpc) is 3.13. The minimum absolute atomic E-state index is 0.476. The Morgan fingerprint density at radius 2 is 2.16 bits per heavy atom. The molecule has 19 heavy (non-hydrogen) atoms. The fourth-order valence-corrected chi connectivity index (χ4v) is 2.64. The number of nitrogens with zero attached hydrogens (tertiary/aromatic N) is 2. The normalized spacial score (nSPS) is 18.3. The van der Waals surface area contributed by atoms with Crippen LogP contribution in [0.1, 0.15) is 37.0 Å². The molecule has 1 heterocycles. The molecule has 0 saturated heterocycles. The third-order valence-corrected chi connectivity index (χ3v) is 4.43. The summed E-state index contributed by atoms with van der Waals surface area (Å²) in [7, 11) is 0. The molecule has 1 aliphatic rings. The van der Waals surface area contributed by atoms with Crippen molar-refractivity contribution in [3.8, 4) is 0 Å². The van der Waals surface area contributed by atoms with Gasteiger partial charge in [-0.15, -0.1) is 0 Å². The van der Waals surface area contributed by atoms with Gasteiger partial charge in [-0.25, -0.2) is 0 Å².